The Morgan fingerprint density at radius 3 is 2.55 bits per heavy atom. The lowest BCUT2D eigenvalue weighted by molar-refractivity contribution is 0.143. The van der Waals surface area contributed by atoms with Crippen LogP contribution in [0.3, 0.4) is 0 Å². The number of ether oxygens (including phenoxy) is 1. The number of nitrogens with one attached hydrogen (secondary N) is 2. The zero-order chi connectivity index (χ0) is 15.0. The lowest BCUT2D eigenvalue weighted by atomic mass is 9.92. The molecule has 1 saturated heterocycles. The molecular formula is C15H32N4O. The van der Waals surface area contributed by atoms with Crippen molar-refractivity contribution in [1.29, 1.82) is 0 Å². The van der Waals surface area contributed by atoms with Crippen molar-refractivity contribution in [1.82, 2.24) is 15.5 Å². The third-order valence-corrected chi connectivity index (χ3v) is 3.69. The van der Waals surface area contributed by atoms with Crippen LogP contribution in [0.5, 0.6) is 0 Å². The van der Waals surface area contributed by atoms with E-state index in [2.05, 4.69) is 41.3 Å². The second-order valence-corrected chi connectivity index (χ2v) is 6.21. The van der Waals surface area contributed by atoms with Crippen molar-refractivity contribution < 1.29 is 4.74 Å². The van der Waals surface area contributed by atoms with Crippen LogP contribution in [-0.2, 0) is 4.74 Å². The Labute approximate surface area is 124 Å². The summed E-state index contributed by atoms with van der Waals surface area (Å²) in [4.78, 5) is 6.80. The SMILES string of the molecule is CN=C(NCCN1CC(C)CC(C)C1)NC(C)COC. The summed E-state index contributed by atoms with van der Waals surface area (Å²) < 4.78 is 5.12. The molecule has 1 aliphatic rings. The van der Waals surface area contributed by atoms with Gasteiger partial charge in [0.15, 0.2) is 5.96 Å². The van der Waals surface area contributed by atoms with Crippen molar-refractivity contribution in [2.24, 2.45) is 16.8 Å². The Bertz CT molecular complexity index is 286. The molecule has 0 radical (unpaired) electrons. The molecule has 20 heavy (non-hydrogen) atoms. The Morgan fingerprint density at radius 2 is 2.00 bits per heavy atom. The number of methoxy groups -OCH3 is 1. The molecule has 118 valence electrons. The van der Waals surface area contributed by atoms with Crippen molar-refractivity contribution in [3.63, 3.8) is 0 Å². The van der Waals surface area contributed by atoms with Gasteiger partial charge in [0, 0.05) is 46.4 Å². The number of aliphatic imine (C=N–C) groups is 1. The summed E-state index contributed by atoms with van der Waals surface area (Å²) >= 11 is 0. The molecule has 0 amide bonds. The molecule has 3 unspecified atom stereocenters. The summed E-state index contributed by atoms with van der Waals surface area (Å²) in [6, 6.07) is 0.265. The number of hydrogen-bond donors (Lipinski definition) is 2. The minimum Gasteiger partial charge on any atom is -0.383 e. The highest BCUT2D eigenvalue weighted by atomic mass is 16.5. The quantitative estimate of drug-likeness (QED) is 0.568. The highest BCUT2D eigenvalue weighted by molar-refractivity contribution is 5.79. The fourth-order valence-electron chi connectivity index (χ4n) is 3.03. The normalized spacial score (nSPS) is 26.4. The predicted octanol–water partition coefficient (Wildman–Crippen LogP) is 1.16. The lowest BCUT2D eigenvalue weighted by Crippen LogP contribution is -2.47. The van der Waals surface area contributed by atoms with Gasteiger partial charge in [-0.25, -0.2) is 0 Å². The lowest BCUT2D eigenvalue weighted by Gasteiger charge is -2.35. The third-order valence-electron chi connectivity index (χ3n) is 3.69. The molecule has 5 heteroatoms. The van der Waals surface area contributed by atoms with E-state index in [4.69, 9.17) is 4.74 Å². The molecule has 0 bridgehead atoms. The van der Waals surface area contributed by atoms with E-state index in [0.29, 0.717) is 6.61 Å². The van der Waals surface area contributed by atoms with Crippen LogP contribution in [-0.4, -0.2) is 63.8 Å². The van der Waals surface area contributed by atoms with E-state index in [9.17, 15) is 0 Å². The standard InChI is InChI=1S/C15H32N4O/c1-12-8-13(2)10-19(9-12)7-6-17-15(16-4)18-14(3)11-20-5/h12-14H,6-11H2,1-5H3,(H2,16,17,18). The Kier molecular flexibility index (Phi) is 7.92. The zero-order valence-electron chi connectivity index (χ0n) is 13.8. The van der Waals surface area contributed by atoms with Gasteiger partial charge in [0.2, 0.25) is 0 Å². The van der Waals surface area contributed by atoms with Gasteiger partial charge in [0.05, 0.1) is 6.61 Å². The van der Waals surface area contributed by atoms with E-state index in [1.807, 2.05) is 0 Å². The number of guanidine groups is 1. The number of piperidine rings is 1. The summed E-state index contributed by atoms with van der Waals surface area (Å²) in [5.41, 5.74) is 0. The van der Waals surface area contributed by atoms with Crippen molar-refractivity contribution in [2.75, 3.05) is 46.9 Å². The minimum atomic E-state index is 0.265. The minimum absolute atomic E-state index is 0.265. The summed E-state index contributed by atoms with van der Waals surface area (Å²) in [5, 5.41) is 6.70. The van der Waals surface area contributed by atoms with Gasteiger partial charge in [-0.3, -0.25) is 4.99 Å². The molecule has 0 aromatic heterocycles. The van der Waals surface area contributed by atoms with Crippen LogP contribution in [0.2, 0.25) is 0 Å². The number of hydrogen-bond acceptors (Lipinski definition) is 3. The summed E-state index contributed by atoms with van der Waals surface area (Å²) in [7, 11) is 3.52. The Morgan fingerprint density at radius 1 is 1.35 bits per heavy atom. The molecule has 0 aliphatic carbocycles. The molecule has 5 nitrogen and oxygen atoms in total. The highest BCUT2D eigenvalue weighted by Crippen LogP contribution is 2.20. The molecule has 3 atom stereocenters. The van der Waals surface area contributed by atoms with Gasteiger partial charge in [0.1, 0.15) is 0 Å². The van der Waals surface area contributed by atoms with Gasteiger partial charge < -0.3 is 20.3 Å². The van der Waals surface area contributed by atoms with Gasteiger partial charge in [-0.1, -0.05) is 13.8 Å². The molecule has 1 fully saturated rings. The van der Waals surface area contributed by atoms with Crippen LogP contribution in [0.4, 0.5) is 0 Å². The maximum atomic E-state index is 5.12. The first-order valence-electron chi connectivity index (χ1n) is 7.73. The van der Waals surface area contributed by atoms with E-state index >= 15 is 0 Å². The Hall–Kier alpha value is -0.810. The van der Waals surface area contributed by atoms with E-state index in [-0.39, 0.29) is 6.04 Å². The fourth-order valence-corrected chi connectivity index (χ4v) is 3.03. The summed E-state index contributed by atoms with van der Waals surface area (Å²) in [5.74, 6) is 2.49. The number of rotatable bonds is 6. The molecule has 0 saturated carbocycles. The van der Waals surface area contributed by atoms with Crippen molar-refractivity contribution in [2.45, 2.75) is 33.2 Å². The van der Waals surface area contributed by atoms with Gasteiger partial charge in [-0.05, 0) is 25.2 Å². The second kappa shape index (κ2) is 9.19. The summed E-state index contributed by atoms with van der Waals surface area (Å²) in [6.45, 7) is 11.9. The van der Waals surface area contributed by atoms with Crippen molar-refractivity contribution in [3.05, 3.63) is 0 Å². The topological polar surface area (TPSA) is 48.9 Å². The van der Waals surface area contributed by atoms with E-state index < -0.39 is 0 Å². The van der Waals surface area contributed by atoms with Gasteiger partial charge >= 0.3 is 0 Å². The zero-order valence-corrected chi connectivity index (χ0v) is 13.8. The maximum Gasteiger partial charge on any atom is 0.191 e. The molecule has 1 rings (SSSR count). The number of nitrogens with zero attached hydrogens (tertiary/aromatic N) is 2. The van der Waals surface area contributed by atoms with E-state index in [1.54, 1.807) is 14.2 Å². The maximum absolute atomic E-state index is 5.12. The van der Waals surface area contributed by atoms with Crippen LogP contribution < -0.4 is 10.6 Å². The first-order valence-corrected chi connectivity index (χ1v) is 7.73. The first kappa shape index (κ1) is 17.2. The van der Waals surface area contributed by atoms with E-state index in [0.717, 1.165) is 30.9 Å². The predicted molar refractivity (Wildman–Crippen MR) is 85.2 cm³/mol. The van der Waals surface area contributed by atoms with Gasteiger partial charge in [0.25, 0.3) is 0 Å². The first-order chi connectivity index (χ1) is 9.55. The molecule has 0 aromatic carbocycles. The molecule has 1 aliphatic heterocycles. The smallest absolute Gasteiger partial charge is 0.191 e. The monoisotopic (exact) mass is 284 g/mol. The van der Waals surface area contributed by atoms with E-state index in [1.165, 1.54) is 19.5 Å². The largest absolute Gasteiger partial charge is 0.383 e. The van der Waals surface area contributed by atoms with Crippen LogP contribution in [0, 0.1) is 11.8 Å². The summed E-state index contributed by atoms with van der Waals surface area (Å²) in [6.07, 6.45) is 1.36. The second-order valence-electron chi connectivity index (χ2n) is 6.21. The molecule has 1 heterocycles. The third kappa shape index (κ3) is 6.57. The Balaban J connectivity index is 2.24. The fraction of sp³-hybridized carbons (Fsp3) is 0.933. The molecule has 0 spiro atoms. The van der Waals surface area contributed by atoms with Crippen LogP contribution in [0.1, 0.15) is 27.2 Å². The van der Waals surface area contributed by atoms with Crippen molar-refractivity contribution >= 4 is 5.96 Å². The average molecular weight is 284 g/mol. The van der Waals surface area contributed by atoms with Gasteiger partial charge in [-0.15, -0.1) is 0 Å². The highest BCUT2D eigenvalue weighted by Gasteiger charge is 2.21. The molecule has 0 aromatic rings. The van der Waals surface area contributed by atoms with Crippen LogP contribution >= 0.6 is 0 Å². The number of likely N-dealkylation sites (tertiary alicyclic amines) is 1. The van der Waals surface area contributed by atoms with Crippen LogP contribution in [0.25, 0.3) is 0 Å². The molecular weight excluding hydrogens is 252 g/mol. The molecule has 2 N–H and O–H groups in total. The van der Waals surface area contributed by atoms with Gasteiger partial charge in [-0.2, -0.15) is 0 Å². The average Bonchev–Trinajstić information content (AvgIpc) is 2.36. The van der Waals surface area contributed by atoms with Crippen LogP contribution in [0.15, 0.2) is 4.99 Å². The van der Waals surface area contributed by atoms with Crippen molar-refractivity contribution in [3.8, 4) is 0 Å².